The Morgan fingerprint density at radius 2 is 0.967 bits per heavy atom. The quantitative estimate of drug-likeness (QED) is 0.315. The number of hydrogen-bond acceptors (Lipinski definition) is 8. The van der Waals surface area contributed by atoms with Crippen LogP contribution < -0.4 is 9.47 Å². The van der Waals surface area contributed by atoms with Gasteiger partial charge in [0.15, 0.2) is 0 Å². The lowest BCUT2D eigenvalue weighted by molar-refractivity contribution is -0.317. The summed E-state index contributed by atoms with van der Waals surface area (Å²) >= 11 is 0. The van der Waals surface area contributed by atoms with Crippen molar-refractivity contribution in [3.63, 3.8) is 0 Å². The fourth-order valence-corrected chi connectivity index (χ4v) is 2.16. The molecule has 0 atom stereocenters. The van der Waals surface area contributed by atoms with Gasteiger partial charge in [-0.1, -0.05) is 0 Å². The summed E-state index contributed by atoms with van der Waals surface area (Å²) in [5.74, 6) is -0.876. The van der Waals surface area contributed by atoms with Gasteiger partial charge in [-0.2, -0.15) is 0 Å². The van der Waals surface area contributed by atoms with Crippen LogP contribution in [0.1, 0.15) is 48.4 Å². The molecule has 2 aromatic rings. The Hall–Kier alpha value is -3.68. The van der Waals surface area contributed by atoms with Crippen LogP contribution in [0.2, 0.25) is 0 Å². The molecular formula is C22H24O8. The highest BCUT2D eigenvalue weighted by molar-refractivity contribution is 5.89. The second kappa shape index (κ2) is 10.8. The van der Waals surface area contributed by atoms with Crippen molar-refractivity contribution in [1.82, 2.24) is 0 Å². The van der Waals surface area contributed by atoms with Crippen LogP contribution in [0.3, 0.4) is 0 Å². The molecule has 0 aliphatic carbocycles. The molecule has 0 bridgehead atoms. The lowest BCUT2D eigenvalue weighted by atomic mass is 10.2. The summed E-state index contributed by atoms with van der Waals surface area (Å²) in [7, 11) is 0. The van der Waals surface area contributed by atoms with Crippen molar-refractivity contribution in [3.05, 3.63) is 72.2 Å². The van der Waals surface area contributed by atoms with Gasteiger partial charge in [0.05, 0.1) is 23.3 Å². The standard InChI is InChI=1S/C22H24O8/c1-14(2)25-19-10-6-17(7-11-19)21(23)29-27-16(5)28-30-22(24)18-8-12-20(13-9-18)26-15(3)4/h6-15H,5H2,1-4H3. The van der Waals surface area contributed by atoms with Gasteiger partial charge in [0, 0.05) is 0 Å². The van der Waals surface area contributed by atoms with E-state index in [1.807, 2.05) is 27.7 Å². The van der Waals surface area contributed by atoms with Gasteiger partial charge in [0.2, 0.25) is 0 Å². The molecule has 0 N–H and O–H groups in total. The molecule has 0 aliphatic heterocycles. The van der Waals surface area contributed by atoms with Gasteiger partial charge < -0.3 is 9.47 Å². The summed E-state index contributed by atoms with van der Waals surface area (Å²) in [6, 6.07) is 12.6. The van der Waals surface area contributed by atoms with E-state index in [1.165, 1.54) is 24.3 Å². The Labute approximate surface area is 174 Å². The van der Waals surface area contributed by atoms with Crippen LogP contribution in [0.4, 0.5) is 0 Å². The van der Waals surface area contributed by atoms with Gasteiger partial charge in [-0.05, 0) is 82.8 Å². The molecule has 160 valence electrons. The van der Waals surface area contributed by atoms with Gasteiger partial charge >= 0.3 is 17.9 Å². The van der Waals surface area contributed by atoms with Crippen LogP contribution in [0, 0.1) is 0 Å². The summed E-state index contributed by atoms with van der Waals surface area (Å²) in [6.07, 6.45) is 0.0289. The molecule has 8 heteroatoms. The van der Waals surface area contributed by atoms with E-state index >= 15 is 0 Å². The first kappa shape index (κ1) is 22.6. The minimum Gasteiger partial charge on any atom is -0.491 e. The van der Waals surface area contributed by atoms with Gasteiger partial charge in [0.25, 0.3) is 0 Å². The van der Waals surface area contributed by atoms with Crippen molar-refractivity contribution in [1.29, 1.82) is 0 Å². The predicted octanol–water partition coefficient (Wildman–Crippen LogP) is 4.61. The number of hydrogen-bond donors (Lipinski definition) is 0. The molecule has 0 unspecified atom stereocenters. The highest BCUT2D eigenvalue weighted by Gasteiger charge is 2.14. The summed E-state index contributed by atoms with van der Waals surface area (Å²) in [6.45, 7) is 10.9. The SMILES string of the molecule is C=C(OOC(=O)c1ccc(OC(C)C)cc1)OOC(=O)c1ccc(OC(C)C)cc1. The van der Waals surface area contributed by atoms with E-state index in [2.05, 4.69) is 26.1 Å². The van der Waals surface area contributed by atoms with Gasteiger partial charge in [-0.15, -0.1) is 0 Å². The number of ether oxygens (including phenoxy) is 2. The van der Waals surface area contributed by atoms with Gasteiger partial charge in [-0.25, -0.2) is 29.1 Å². The van der Waals surface area contributed by atoms with E-state index in [4.69, 9.17) is 9.47 Å². The topological polar surface area (TPSA) is 89.5 Å². The summed E-state index contributed by atoms with van der Waals surface area (Å²) < 4.78 is 11.0. The number of carbonyl (C=O) groups excluding carboxylic acids is 2. The third-order valence-corrected chi connectivity index (χ3v) is 3.34. The molecule has 0 aromatic heterocycles. The highest BCUT2D eigenvalue weighted by Crippen LogP contribution is 2.16. The molecule has 0 aliphatic rings. The molecular weight excluding hydrogens is 392 g/mol. The fourth-order valence-electron chi connectivity index (χ4n) is 2.16. The first-order chi connectivity index (χ1) is 14.2. The van der Waals surface area contributed by atoms with Crippen molar-refractivity contribution >= 4 is 11.9 Å². The lowest BCUT2D eigenvalue weighted by Gasteiger charge is -2.10. The Kier molecular flexibility index (Phi) is 8.10. The van der Waals surface area contributed by atoms with Crippen LogP contribution in [0.5, 0.6) is 11.5 Å². The van der Waals surface area contributed by atoms with Crippen molar-refractivity contribution in [2.75, 3.05) is 0 Å². The summed E-state index contributed by atoms with van der Waals surface area (Å²) in [5, 5.41) is 0. The maximum Gasteiger partial charge on any atom is 0.386 e. The molecule has 0 fully saturated rings. The largest absolute Gasteiger partial charge is 0.491 e. The zero-order valence-corrected chi connectivity index (χ0v) is 17.2. The monoisotopic (exact) mass is 416 g/mol. The first-order valence-electron chi connectivity index (χ1n) is 9.24. The molecule has 0 saturated heterocycles. The van der Waals surface area contributed by atoms with Gasteiger partial charge in [0.1, 0.15) is 11.5 Å². The Bertz CT molecular complexity index is 782. The van der Waals surface area contributed by atoms with Crippen LogP contribution in [-0.4, -0.2) is 24.1 Å². The van der Waals surface area contributed by atoms with E-state index in [0.717, 1.165) is 0 Å². The first-order valence-corrected chi connectivity index (χ1v) is 9.24. The van der Waals surface area contributed by atoms with E-state index < -0.39 is 17.9 Å². The number of benzene rings is 2. The maximum atomic E-state index is 11.9. The van der Waals surface area contributed by atoms with E-state index in [9.17, 15) is 9.59 Å². The summed E-state index contributed by atoms with van der Waals surface area (Å²) in [4.78, 5) is 42.3. The minimum atomic E-state index is -0.789. The Morgan fingerprint density at radius 3 is 1.27 bits per heavy atom. The number of rotatable bonds is 10. The predicted molar refractivity (Wildman–Crippen MR) is 107 cm³/mol. The van der Waals surface area contributed by atoms with Crippen LogP contribution in [-0.2, 0) is 19.6 Å². The fraction of sp³-hybridized carbons (Fsp3) is 0.273. The Balaban J connectivity index is 1.76. The van der Waals surface area contributed by atoms with E-state index in [0.29, 0.717) is 11.5 Å². The molecule has 0 radical (unpaired) electrons. The average Bonchev–Trinajstić information content (AvgIpc) is 2.70. The van der Waals surface area contributed by atoms with Crippen LogP contribution in [0.15, 0.2) is 61.1 Å². The van der Waals surface area contributed by atoms with Crippen molar-refractivity contribution in [2.24, 2.45) is 0 Å². The second-order valence-corrected chi connectivity index (χ2v) is 6.66. The second-order valence-electron chi connectivity index (χ2n) is 6.66. The van der Waals surface area contributed by atoms with Gasteiger partial charge in [-0.3, -0.25) is 0 Å². The molecule has 0 saturated carbocycles. The lowest BCUT2D eigenvalue weighted by Crippen LogP contribution is -2.11. The molecule has 30 heavy (non-hydrogen) atoms. The van der Waals surface area contributed by atoms with E-state index in [1.54, 1.807) is 24.3 Å². The van der Waals surface area contributed by atoms with Crippen LogP contribution >= 0.6 is 0 Å². The molecule has 0 amide bonds. The normalized spacial score (nSPS) is 10.3. The zero-order chi connectivity index (χ0) is 22.1. The zero-order valence-electron chi connectivity index (χ0n) is 17.2. The average molecular weight is 416 g/mol. The van der Waals surface area contributed by atoms with Crippen molar-refractivity contribution in [3.8, 4) is 11.5 Å². The van der Waals surface area contributed by atoms with Crippen molar-refractivity contribution < 1.29 is 38.6 Å². The number of carbonyl (C=O) groups is 2. The molecule has 2 aromatic carbocycles. The third kappa shape index (κ3) is 7.38. The maximum absolute atomic E-state index is 11.9. The molecule has 0 spiro atoms. The van der Waals surface area contributed by atoms with E-state index in [-0.39, 0.29) is 23.3 Å². The van der Waals surface area contributed by atoms with Crippen molar-refractivity contribution in [2.45, 2.75) is 39.9 Å². The molecule has 0 heterocycles. The minimum absolute atomic E-state index is 0.0145. The Morgan fingerprint density at radius 1 is 0.633 bits per heavy atom. The molecule has 8 nitrogen and oxygen atoms in total. The van der Waals surface area contributed by atoms with Crippen LogP contribution in [0.25, 0.3) is 0 Å². The molecule has 2 rings (SSSR count). The third-order valence-electron chi connectivity index (χ3n) is 3.34. The highest BCUT2D eigenvalue weighted by atomic mass is 17.3. The smallest absolute Gasteiger partial charge is 0.386 e. The summed E-state index contributed by atoms with van der Waals surface area (Å²) in [5.41, 5.74) is 0.444.